The Morgan fingerprint density at radius 2 is 0.799 bits per heavy atom. The van der Waals surface area contributed by atoms with Gasteiger partial charge in [-0.15, -0.1) is 12.4 Å². The number of Topliss-reactive ketones (excluding diaryl/α,β-unsaturated/α-hetero) is 4. The molecule has 2 saturated heterocycles. The minimum Gasteiger partial charge on any atom is -0.480 e. The molecule has 18 rings (SSSR count). The number of hydrogen-bond donors (Lipinski definition) is 7. The van der Waals surface area contributed by atoms with Crippen LogP contribution in [0.1, 0.15) is 185 Å². The fraction of sp³-hybridized carbons (Fsp3) is 0.362. The first-order chi connectivity index (χ1) is 65.0. The van der Waals surface area contributed by atoms with Crippen molar-refractivity contribution in [2.24, 2.45) is 10.8 Å². The highest BCUT2D eigenvalue weighted by Crippen LogP contribution is 2.59. The maximum absolute atomic E-state index is 13.8. The van der Waals surface area contributed by atoms with Crippen LogP contribution in [0.5, 0.6) is 0 Å². The van der Waals surface area contributed by atoms with Gasteiger partial charge in [0.1, 0.15) is 111 Å². The molecule has 42 nitrogen and oxygen atoms in total. The molecule has 0 aromatic carbocycles. The van der Waals surface area contributed by atoms with E-state index in [1.54, 1.807) is 148 Å². The van der Waals surface area contributed by atoms with Crippen LogP contribution in [-0.2, 0) is 64.4 Å². The standard InChI is InChI=1S/C28H27BrN8O4.C19H22N5O4.C19H21N5O3.C15H13N5O4.C13H16BrN3O.ClH/c1-14-5-6-23(29)32-26(14)33-27(40)20-8-28(4)9-22(28)37(20)24(39)13-35-21-11-31-19(7-18(21)25(34-35)15(2)38)17-10-30-16(3)36(41)12-17;1-11(25)18-14-6-15(13-7-20-12(2)24(27)9-13)21-8-16(14)23(22-18)10-17(26)28-19(3,4)5;1-11(25)18-14-6-15(13-7-20-12(2)21-8-13)22-9-16(14)24(23-18)10-17(26)27-19(3,4)5;1-8(21)15-11-3-12(10-4-16-9(2)20(24)6-10)17-5-13(11)19(18-15)7-14(22)23;1-7-3-4-10(14)16-11(7)17-12(18)8-5-13(2)6-9(13)15-8;/h5-7,10-12,20,22H,8-9,13H2,1-4H3,(H-,32,33,40,41);6-9,27H,10H2,1-5H3;6-9H,10H2,1-5H3;3-6H,7H2,1-2H3,(H-,22,23,24);3-4,8-9,15H,5-6H2,1-2H3,(H,16,17,18);1H/q;+1;;;;/p+2/t20-,22+,28-;;;;8-,9+,13-;/m0...0./s1. The van der Waals surface area contributed by atoms with Crippen LogP contribution in [-0.4, -0.2) is 214 Å². The van der Waals surface area contributed by atoms with Gasteiger partial charge in [-0.1, -0.05) is 55.1 Å². The fourth-order valence-corrected chi connectivity index (χ4v) is 16.6. The molecule has 4 fully saturated rings. The highest BCUT2D eigenvalue weighted by Gasteiger charge is 2.64. The number of anilines is 2. The zero-order valence-corrected chi connectivity index (χ0v) is 83.1. The zero-order chi connectivity index (χ0) is 100.0. The van der Waals surface area contributed by atoms with Crippen LogP contribution in [0.3, 0.4) is 0 Å². The highest BCUT2D eigenvalue weighted by molar-refractivity contribution is 9.10. The molecule has 7 N–H and O–H groups in total. The van der Waals surface area contributed by atoms with Crippen molar-refractivity contribution in [2.75, 3.05) is 10.6 Å². The van der Waals surface area contributed by atoms with E-state index < -0.39 is 35.2 Å². The van der Waals surface area contributed by atoms with Gasteiger partial charge in [-0.2, -0.15) is 20.4 Å². The molecular weight excluding hydrogens is 1940 g/mol. The molecule has 14 aromatic rings. The number of amides is 3. The lowest BCUT2D eigenvalue weighted by Gasteiger charge is -2.27. The summed E-state index contributed by atoms with van der Waals surface area (Å²) in [6.07, 6.45) is 22.1. The van der Waals surface area contributed by atoms with Gasteiger partial charge in [-0.25, -0.2) is 19.9 Å². The molecule has 45 heteroatoms. The Morgan fingerprint density at radius 3 is 1.14 bits per heavy atom. The molecule has 0 spiro atoms. The summed E-state index contributed by atoms with van der Waals surface area (Å²) in [7, 11) is 0. The number of pyridine rings is 6. The summed E-state index contributed by atoms with van der Waals surface area (Å²) in [5, 5.41) is 67.0. The monoisotopic (exact) mass is 2040 g/mol. The maximum atomic E-state index is 13.8. The number of aromatic nitrogens is 22. The van der Waals surface area contributed by atoms with Gasteiger partial charge in [0.25, 0.3) is 0 Å². The van der Waals surface area contributed by atoms with Crippen LogP contribution in [0, 0.1) is 52.4 Å². The Kier molecular flexibility index (Phi) is 29.6. The summed E-state index contributed by atoms with van der Waals surface area (Å²) >= 11 is 6.66. The summed E-state index contributed by atoms with van der Waals surface area (Å²) in [4.78, 5) is 172. The van der Waals surface area contributed by atoms with Crippen molar-refractivity contribution in [3.8, 4) is 45.0 Å². The number of aryl methyl sites for hydroxylation is 6. The molecule has 4 aliphatic rings. The van der Waals surface area contributed by atoms with E-state index in [1.165, 1.54) is 83.8 Å². The van der Waals surface area contributed by atoms with Gasteiger partial charge in [0.05, 0.1) is 92.4 Å². The Hall–Kier alpha value is -14.8. The second kappa shape index (κ2) is 40.5. The van der Waals surface area contributed by atoms with Gasteiger partial charge in [-0.3, -0.25) is 86.6 Å². The van der Waals surface area contributed by atoms with Gasteiger partial charge in [-0.05, 0) is 178 Å². The van der Waals surface area contributed by atoms with Crippen LogP contribution in [0.25, 0.3) is 88.6 Å². The molecule has 0 unspecified atom stereocenters. The van der Waals surface area contributed by atoms with E-state index in [0.29, 0.717) is 140 Å². The number of carboxylic acid groups (broad SMARTS) is 1. The molecule has 2 aliphatic heterocycles. The molecule has 14 aromatic heterocycles. The van der Waals surface area contributed by atoms with Crippen molar-refractivity contribution in [1.82, 2.24) is 104 Å². The first-order valence-electron chi connectivity index (χ1n) is 43.6. The number of nitrogens with zero attached hydrogens (tertiary/aromatic N) is 23. The number of ketones is 4. The van der Waals surface area contributed by atoms with Crippen LogP contribution in [0.2, 0.25) is 0 Å². The third-order valence-electron chi connectivity index (χ3n) is 23.3. The van der Waals surface area contributed by atoms with Gasteiger partial charge >= 0.3 is 35.4 Å². The number of aliphatic carboxylic acids is 1. The van der Waals surface area contributed by atoms with E-state index in [2.05, 4.69) is 137 Å². The lowest BCUT2D eigenvalue weighted by molar-refractivity contribution is -0.910. The molecule has 0 radical (unpaired) electrons. The lowest BCUT2D eigenvalue weighted by atomic mass is 10.0. The number of carbonyl (C=O) groups is 10. The Balaban J connectivity index is 0.000000150. The van der Waals surface area contributed by atoms with Gasteiger partial charge in [0.2, 0.25) is 17.7 Å². The average Bonchev–Trinajstić information content (AvgIpc) is 1.54. The van der Waals surface area contributed by atoms with E-state index in [1.807, 2.05) is 32.0 Å². The molecule has 139 heavy (non-hydrogen) atoms. The summed E-state index contributed by atoms with van der Waals surface area (Å²) in [6, 6.07) is 14.0. The van der Waals surface area contributed by atoms with Gasteiger partial charge in [0.15, 0.2) is 41.7 Å². The lowest BCUT2D eigenvalue weighted by Crippen LogP contribution is -2.47. The van der Waals surface area contributed by atoms with Crippen molar-refractivity contribution in [3.05, 3.63) is 189 Å². The first-order valence-corrected chi connectivity index (χ1v) is 45.2. The molecule has 6 atom stereocenters. The van der Waals surface area contributed by atoms with Crippen LogP contribution in [0.15, 0.2) is 132 Å². The quantitative estimate of drug-likeness (QED) is 0.0122. The molecule has 2 aliphatic carbocycles. The van der Waals surface area contributed by atoms with E-state index in [4.69, 9.17) is 14.6 Å². The number of likely N-dealkylation sites (tertiary alicyclic amines) is 1. The van der Waals surface area contributed by atoms with E-state index in [9.17, 15) is 63.6 Å². The van der Waals surface area contributed by atoms with Crippen molar-refractivity contribution in [2.45, 2.75) is 212 Å². The average molecular weight is 2050 g/mol. The maximum Gasteiger partial charge on any atom is 0.333 e. The number of hydrogen-bond acceptors (Lipinski definition) is 31. The molecule has 3 amide bonds. The minimum absolute atomic E-state index is 0. The Bertz CT molecular complexity index is 7300. The number of ether oxygens (including phenoxy) is 2. The second-order valence-electron chi connectivity index (χ2n) is 36.7. The number of halogens is 3. The van der Waals surface area contributed by atoms with E-state index >= 15 is 0 Å². The number of nitrogens with one attached hydrogen (secondary N) is 3. The Morgan fingerprint density at radius 1 is 0.453 bits per heavy atom. The van der Waals surface area contributed by atoms with E-state index in [0.717, 1.165) is 48.3 Å². The molecule has 722 valence electrons. The van der Waals surface area contributed by atoms with Gasteiger partial charge < -0.3 is 51.1 Å². The Labute approximate surface area is 817 Å². The molecular formula is C94H102Br2ClN26O16+3. The number of esters is 2. The van der Waals surface area contributed by atoms with Crippen LogP contribution in [0.4, 0.5) is 11.6 Å². The zero-order valence-electron chi connectivity index (χ0n) is 79.2. The van der Waals surface area contributed by atoms with Crippen molar-refractivity contribution in [1.29, 1.82) is 0 Å². The van der Waals surface area contributed by atoms with Crippen molar-refractivity contribution >= 4 is 158 Å². The van der Waals surface area contributed by atoms with Crippen molar-refractivity contribution in [3.63, 3.8) is 0 Å². The number of piperidine rings is 2. The summed E-state index contributed by atoms with van der Waals surface area (Å²) in [5.41, 5.74) is 8.30. The molecule has 2 saturated carbocycles. The summed E-state index contributed by atoms with van der Waals surface area (Å²) in [5.74, 6) is -0.435. The molecule has 0 bridgehead atoms. The number of fused-ring (bicyclic) bond motifs is 6. The SMILES string of the molecule is CC(=O)c1nn(CC(=O)N2[C@H](C(=O)Nc3nc(Br)ccc3C)C[C@@]3(C)C[C@@H]23)c2cnc(-c3cnc(C)[n+](O)c3)cc12.CC(=O)c1nn(CC(=O)O)c2cnc(-c3cnc(C)[n+](O)c3)cc12.CC(=O)c1nn(CC(=O)OC(C)(C)C)c2cnc(-c3cnc(C)[n+](O)c3)cc12.CC(=O)c1nn(CC(=O)OC(C)(C)C)c2cnc(-c3cnc(C)nc3)cc12.Cc1ccc(Br)nc1NC(=O)[C@@H]1C[C@@]2(C)C[C@H]2N1.Cl. The van der Waals surface area contributed by atoms with Crippen LogP contribution >= 0.6 is 44.3 Å². The predicted octanol–water partition coefficient (Wildman–Crippen LogP) is 10.9. The highest BCUT2D eigenvalue weighted by atomic mass is 79.9. The second-order valence-corrected chi connectivity index (χ2v) is 38.3. The number of carbonyl (C=O) groups excluding carboxylic acids is 9. The number of rotatable bonds is 20. The van der Waals surface area contributed by atoms with Gasteiger partial charge in [0, 0.05) is 100 Å². The largest absolute Gasteiger partial charge is 0.480 e. The number of carboxylic acids is 1. The first kappa shape index (κ1) is 102. The topological polar surface area (TPSA) is 534 Å². The third-order valence-corrected chi connectivity index (χ3v) is 24.2. The smallest absolute Gasteiger partial charge is 0.333 e. The van der Waals surface area contributed by atoms with E-state index in [-0.39, 0.29) is 120 Å². The van der Waals surface area contributed by atoms with Crippen LogP contribution < -0.4 is 30.1 Å². The van der Waals surface area contributed by atoms with Crippen molar-refractivity contribution < 1.29 is 92.3 Å². The summed E-state index contributed by atoms with van der Waals surface area (Å²) < 4.78 is 20.2. The minimum atomic E-state index is -1.07. The third kappa shape index (κ3) is 23.4. The summed E-state index contributed by atoms with van der Waals surface area (Å²) in [6.45, 7) is 30.5. The fourth-order valence-electron chi connectivity index (χ4n) is 16.0. The normalized spacial score (nSPS) is 17.0. The molecule has 16 heterocycles. The predicted molar refractivity (Wildman–Crippen MR) is 509 cm³/mol.